The van der Waals surface area contributed by atoms with Crippen LogP contribution in [0.2, 0.25) is 5.02 Å². The van der Waals surface area contributed by atoms with Crippen LogP contribution in [0.3, 0.4) is 0 Å². The van der Waals surface area contributed by atoms with Crippen LogP contribution in [0.1, 0.15) is 24.1 Å². The zero-order valence-electron chi connectivity index (χ0n) is 11.8. The molecule has 112 valence electrons. The molecule has 5 heteroatoms. The van der Waals surface area contributed by atoms with Gasteiger partial charge in [-0.05, 0) is 51.8 Å². The number of benzene rings is 2. The molecule has 0 fully saturated rings. The fraction of sp³-hybridized carbons (Fsp3) is 0.250. The van der Waals surface area contributed by atoms with E-state index in [9.17, 15) is 4.39 Å². The first-order valence-electron chi connectivity index (χ1n) is 6.59. The van der Waals surface area contributed by atoms with Crippen molar-refractivity contribution >= 4 is 27.5 Å². The van der Waals surface area contributed by atoms with Crippen LogP contribution < -0.4 is 10.1 Å². The molecule has 1 unspecified atom stereocenters. The maximum atomic E-state index is 13.8. The average molecular weight is 373 g/mol. The van der Waals surface area contributed by atoms with Gasteiger partial charge in [0, 0.05) is 0 Å². The molecule has 0 aromatic heterocycles. The Bertz CT molecular complexity index is 636. The molecule has 0 saturated carbocycles. The van der Waals surface area contributed by atoms with Crippen LogP contribution in [0.4, 0.5) is 4.39 Å². The molecule has 2 aromatic carbocycles. The predicted octanol–water partition coefficient (Wildman–Crippen LogP) is 4.95. The Hall–Kier alpha value is -1.10. The smallest absolute Gasteiger partial charge is 0.137 e. The number of ether oxygens (including phenoxy) is 1. The quantitative estimate of drug-likeness (QED) is 0.802. The number of hydrogen-bond acceptors (Lipinski definition) is 2. The lowest BCUT2D eigenvalue weighted by Gasteiger charge is -2.21. The van der Waals surface area contributed by atoms with Crippen molar-refractivity contribution in [2.24, 2.45) is 0 Å². The van der Waals surface area contributed by atoms with Crippen LogP contribution in [0, 0.1) is 5.82 Å². The van der Waals surface area contributed by atoms with Crippen molar-refractivity contribution in [1.29, 1.82) is 0 Å². The summed E-state index contributed by atoms with van der Waals surface area (Å²) >= 11 is 9.39. The van der Waals surface area contributed by atoms with Crippen LogP contribution in [0.15, 0.2) is 40.9 Å². The summed E-state index contributed by atoms with van der Waals surface area (Å²) in [7, 11) is 1.57. The van der Waals surface area contributed by atoms with Crippen LogP contribution in [0.25, 0.3) is 0 Å². The van der Waals surface area contributed by atoms with Crippen LogP contribution >= 0.6 is 27.5 Å². The molecule has 2 aromatic rings. The van der Waals surface area contributed by atoms with E-state index in [0.717, 1.165) is 17.7 Å². The Morgan fingerprint density at radius 2 is 2.10 bits per heavy atom. The van der Waals surface area contributed by atoms with Crippen LogP contribution in [-0.4, -0.2) is 13.7 Å². The molecule has 0 saturated heterocycles. The molecule has 0 aliphatic carbocycles. The summed E-state index contributed by atoms with van der Waals surface area (Å²) in [5.41, 5.74) is 1.80. The number of rotatable bonds is 5. The van der Waals surface area contributed by atoms with Gasteiger partial charge in [0.25, 0.3) is 0 Å². The molecule has 1 N–H and O–H groups in total. The first kappa shape index (κ1) is 16.3. The third-order valence-corrected chi connectivity index (χ3v) is 4.36. The van der Waals surface area contributed by atoms with Crippen molar-refractivity contribution in [2.45, 2.75) is 13.0 Å². The fourth-order valence-electron chi connectivity index (χ4n) is 2.21. The minimum absolute atomic E-state index is 0.147. The van der Waals surface area contributed by atoms with Gasteiger partial charge in [0.05, 0.1) is 22.6 Å². The molecule has 1 atom stereocenters. The van der Waals surface area contributed by atoms with E-state index in [1.54, 1.807) is 19.2 Å². The van der Waals surface area contributed by atoms with Crippen molar-refractivity contribution in [3.8, 4) is 5.75 Å². The monoisotopic (exact) mass is 371 g/mol. The van der Waals surface area contributed by atoms with Crippen LogP contribution in [-0.2, 0) is 0 Å². The van der Waals surface area contributed by atoms with E-state index >= 15 is 0 Å². The van der Waals surface area contributed by atoms with Gasteiger partial charge in [-0.3, -0.25) is 0 Å². The van der Waals surface area contributed by atoms with Gasteiger partial charge in [-0.15, -0.1) is 0 Å². The summed E-state index contributed by atoms with van der Waals surface area (Å²) in [6.07, 6.45) is 0. The molecule has 0 radical (unpaired) electrons. The largest absolute Gasteiger partial charge is 0.495 e. The van der Waals surface area contributed by atoms with Gasteiger partial charge in [0.1, 0.15) is 11.6 Å². The molecule has 0 bridgehead atoms. The zero-order valence-corrected chi connectivity index (χ0v) is 14.1. The lowest BCUT2D eigenvalue weighted by atomic mass is 9.98. The van der Waals surface area contributed by atoms with Gasteiger partial charge < -0.3 is 10.1 Å². The van der Waals surface area contributed by atoms with E-state index in [1.165, 1.54) is 6.07 Å². The summed E-state index contributed by atoms with van der Waals surface area (Å²) in [6, 6.07) is 10.4. The second-order valence-electron chi connectivity index (χ2n) is 4.53. The summed E-state index contributed by atoms with van der Waals surface area (Å²) < 4.78 is 19.5. The first-order valence-corrected chi connectivity index (χ1v) is 7.76. The number of methoxy groups -OCH3 is 1. The third-order valence-electron chi connectivity index (χ3n) is 3.21. The first-order chi connectivity index (χ1) is 10.1. The predicted molar refractivity (Wildman–Crippen MR) is 87.6 cm³/mol. The van der Waals surface area contributed by atoms with Crippen molar-refractivity contribution in [2.75, 3.05) is 13.7 Å². The van der Waals surface area contributed by atoms with Gasteiger partial charge >= 0.3 is 0 Å². The molecule has 0 aliphatic heterocycles. The molecule has 0 amide bonds. The topological polar surface area (TPSA) is 21.3 Å². The number of hydrogen-bond donors (Lipinski definition) is 1. The molecular weight excluding hydrogens is 357 g/mol. The van der Waals surface area contributed by atoms with Crippen molar-refractivity contribution in [1.82, 2.24) is 5.32 Å². The summed E-state index contributed by atoms with van der Waals surface area (Å²) in [4.78, 5) is 0. The summed E-state index contributed by atoms with van der Waals surface area (Å²) in [5.74, 6) is 0.320. The second kappa shape index (κ2) is 7.25. The molecule has 21 heavy (non-hydrogen) atoms. The Balaban J connectivity index is 2.50. The van der Waals surface area contributed by atoms with Gasteiger partial charge in [0.15, 0.2) is 0 Å². The van der Waals surface area contributed by atoms with Crippen molar-refractivity contribution in [3.05, 3.63) is 62.8 Å². The second-order valence-corrected chi connectivity index (χ2v) is 5.73. The SMILES string of the molecule is CCNC(c1ccc(Cl)c(OC)c1)c1cccc(F)c1Br. The lowest BCUT2D eigenvalue weighted by Crippen LogP contribution is -2.22. The highest BCUT2D eigenvalue weighted by molar-refractivity contribution is 9.10. The van der Waals surface area contributed by atoms with Crippen molar-refractivity contribution in [3.63, 3.8) is 0 Å². The van der Waals surface area contributed by atoms with Gasteiger partial charge in [-0.25, -0.2) is 4.39 Å². The minimum atomic E-state index is -0.281. The highest BCUT2D eigenvalue weighted by Crippen LogP contribution is 2.34. The molecular formula is C16H16BrClFNO. The highest BCUT2D eigenvalue weighted by Gasteiger charge is 2.19. The standard InChI is InChI=1S/C16H16BrClFNO/c1-3-20-16(11-5-4-6-13(19)15(11)17)10-7-8-12(18)14(9-10)21-2/h4-9,16,20H,3H2,1-2H3. The van der Waals surface area contributed by atoms with E-state index in [1.807, 2.05) is 25.1 Å². The maximum absolute atomic E-state index is 13.8. The van der Waals surface area contributed by atoms with E-state index in [2.05, 4.69) is 21.2 Å². The molecule has 2 nitrogen and oxygen atoms in total. The normalized spacial score (nSPS) is 12.2. The van der Waals surface area contributed by atoms with Gasteiger partial charge in [-0.2, -0.15) is 0 Å². The maximum Gasteiger partial charge on any atom is 0.137 e. The van der Waals surface area contributed by atoms with E-state index < -0.39 is 0 Å². The van der Waals surface area contributed by atoms with Gasteiger partial charge in [0.2, 0.25) is 0 Å². The van der Waals surface area contributed by atoms with Gasteiger partial charge in [-0.1, -0.05) is 36.7 Å². The molecule has 0 spiro atoms. The number of nitrogens with one attached hydrogen (secondary N) is 1. The number of halogens is 3. The fourth-order valence-corrected chi connectivity index (χ4v) is 2.90. The average Bonchev–Trinajstić information content (AvgIpc) is 2.49. The van der Waals surface area contributed by atoms with E-state index in [0.29, 0.717) is 15.2 Å². The molecule has 2 rings (SSSR count). The molecule has 0 aliphatic rings. The Kier molecular flexibility index (Phi) is 5.62. The van der Waals surface area contributed by atoms with E-state index in [-0.39, 0.29) is 11.9 Å². The summed E-state index contributed by atoms with van der Waals surface area (Å²) in [6.45, 7) is 2.76. The lowest BCUT2D eigenvalue weighted by molar-refractivity contribution is 0.414. The summed E-state index contributed by atoms with van der Waals surface area (Å²) in [5, 5.41) is 3.91. The molecule has 0 heterocycles. The van der Waals surface area contributed by atoms with Crippen molar-refractivity contribution < 1.29 is 9.13 Å². The highest BCUT2D eigenvalue weighted by atomic mass is 79.9. The minimum Gasteiger partial charge on any atom is -0.495 e. The Labute approximate surface area is 137 Å². The third kappa shape index (κ3) is 3.57. The zero-order chi connectivity index (χ0) is 15.4. The van der Waals surface area contributed by atoms with Crippen LogP contribution in [0.5, 0.6) is 5.75 Å². The Morgan fingerprint density at radius 3 is 2.76 bits per heavy atom. The Morgan fingerprint density at radius 1 is 1.33 bits per heavy atom. The van der Waals surface area contributed by atoms with E-state index in [4.69, 9.17) is 16.3 Å².